The molecule has 2 aliphatic rings. The lowest BCUT2D eigenvalue weighted by atomic mass is 10.1. The predicted molar refractivity (Wildman–Crippen MR) is 168 cm³/mol. The number of fused-ring (bicyclic) bond motifs is 12. The number of methoxy groups -OCH3 is 2. The second kappa shape index (κ2) is 18.1. The first-order valence-electron chi connectivity index (χ1n) is 15.7. The summed E-state index contributed by atoms with van der Waals surface area (Å²) >= 11 is 0. The number of hydrogen-bond donors (Lipinski definition) is 2. The Morgan fingerprint density at radius 1 is 0.620 bits per heavy atom. The summed E-state index contributed by atoms with van der Waals surface area (Å²) in [6.07, 6.45) is 0.963. The Balaban J connectivity index is 0.000000408. The largest absolute Gasteiger partial charge is 0.542 e. The number of alkyl halides is 6. The predicted octanol–water partition coefficient (Wildman–Crippen LogP) is 4.06. The molecule has 0 amide bonds. The minimum atomic E-state index is -5.19. The lowest BCUT2D eigenvalue weighted by Gasteiger charge is -2.13. The number of pyridine rings is 2. The van der Waals surface area contributed by atoms with Gasteiger partial charge in [0.2, 0.25) is 11.0 Å². The van der Waals surface area contributed by atoms with Gasteiger partial charge in [0.05, 0.1) is 36.4 Å². The molecular weight excluding hydrogens is 674 g/mol. The van der Waals surface area contributed by atoms with E-state index in [0.29, 0.717) is 0 Å². The number of aromatic nitrogens is 2. The van der Waals surface area contributed by atoms with Crippen LogP contribution in [-0.2, 0) is 22.7 Å². The molecule has 0 atom stereocenters. The summed E-state index contributed by atoms with van der Waals surface area (Å²) < 4.78 is 78.9. The summed E-state index contributed by atoms with van der Waals surface area (Å²) in [7, 11) is 3.47. The third-order valence-corrected chi connectivity index (χ3v) is 7.69. The van der Waals surface area contributed by atoms with E-state index >= 15 is 0 Å². The van der Waals surface area contributed by atoms with Crippen molar-refractivity contribution in [2.24, 2.45) is 0 Å². The van der Waals surface area contributed by atoms with Crippen LogP contribution in [0.4, 0.5) is 37.7 Å². The van der Waals surface area contributed by atoms with E-state index in [9.17, 15) is 26.3 Å². The lowest BCUT2D eigenvalue weighted by Crippen LogP contribution is -2.37. The Labute approximate surface area is 284 Å². The van der Waals surface area contributed by atoms with Gasteiger partial charge in [-0.2, -0.15) is 35.5 Å². The molecule has 50 heavy (non-hydrogen) atoms. The van der Waals surface area contributed by atoms with Crippen molar-refractivity contribution in [2.45, 2.75) is 64.0 Å². The number of aliphatic carboxylic acids is 2. The number of carbonyl (C=O) groups is 2. The van der Waals surface area contributed by atoms with Gasteiger partial charge in [-0.05, 0) is 49.9 Å². The first kappa shape index (κ1) is 39.4. The highest BCUT2D eigenvalue weighted by molar-refractivity contribution is 5.91. The van der Waals surface area contributed by atoms with Crippen molar-refractivity contribution in [2.75, 3.05) is 37.9 Å². The Kier molecular flexibility index (Phi) is 14.3. The van der Waals surface area contributed by atoms with Crippen molar-refractivity contribution >= 4 is 45.1 Å². The first-order valence-corrected chi connectivity index (χ1v) is 15.7. The van der Waals surface area contributed by atoms with Gasteiger partial charge in [0.15, 0.2) is 12.4 Å². The topological polar surface area (TPSA) is 131 Å². The van der Waals surface area contributed by atoms with Crippen LogP contribution in [0.2, 0.25) is 0 Å². The van der Waals surface area contributed by atoms with E-state index in [4.69, 9.17) is 29.3 Å². The number of rotatable bonds is 2. The average molecular weight is 713 g/mol. The number of halogens is 6. The Morgan fingerprint density at radius 3 is 1.32 bits per heavy atom. The highest BCUT2D eigenvalue weighted by atomic mass is 19.4. The summed E-state index contributed by atoms with van der Waals surface area (Å²) in [6, 6.07) is 17.3. The number of carboxylic acids is 2. The fraction of sp³-hybridized carbons (Fsp3) is 0.412. The zero-order valence-electron chi connectivity index (χ0n) is 27.5. The maximum absolute atomic E-state index is 10.5. The standard InChI is InChI=1S/C30H36N4O2.2C2HF3O2/c1-35-23-9-11-29-25(21-23)27-13-19-33(29)17-7-4-8-18-34-20-14-28(32-16-6-3-5-15-31-27)26-22-24(36-2)10-12-30(26)34;2*3-2(4,5)1(6)7/h9-14,19-22H,3-8,15-18H2,1-2H3;2*(H,6,7). The summed E-state index contributed by atoms with van der Waals surface area (Å²) in [5.41, 5.74) is 4.88. The van der Waals surface area contributed by atoms with Crippen LogP contribution in [0.3, 0.4) is 0 Å². The number of nitrogens with zero attached hydrogens (tertiary/aromatic N) is 2. The third kappa shape index (κ3) is 11.6. The second-order valence-electron chi connectivity index (χ2n) is 11.2. The number of ether oxygens (including phenoxy) is 2. The Morgan fingerprint density at radius 2 is 0.980 bits per heavy atom. The first-order chi connectivity index (χ1) is 23.6. The molecule has 4 heterocycles. The second-order valence-corrected chi connectivity index (χ2v) is 11.2. The molecule has 0 fully saturated rings. The van der Waals surface area contributed by atoms with E-state index in [2.05, 4.69) is 80.7 Å². The van der Waals surface area contributed by atoms with Crippen LogP contribution in [0.1, 0.15) is 38.5 Å². The Bertz CT molecular complexity index is 1620. The maximum Gasteiger partial charge on any atom is 0.430 e. The van der Waals surface area contributed by atoms with Crippen LogP contribution in [-0.4, -0.2) is 51.6 Å². The fourth-order valence-corrected chi connectivity index (χ4v) is 5.20. The molecular formula is C34H38F6N4O6. The molecule has 2 N–H and O–H groups in total. The monoisotopic (exact) mass is 712 g/mol. The molecule has 272 valence electrons. The SMILES string of the molecule is COc1ccc2c(c1)c1cc[n+]2CCCCC[n+]2ccc(c3cc(OC)ccc32)NCCCCCN1.O=C([O-])C(F)(F)F.O=C([O-])C(F)(F)F. The van der Waals surface area contributed by atoms with Gasteiger partial charge in [-0.1, -0.05) is 0 Å². The molecule has 16 heteroatoms. The molecule has 2 aliphatic heterocycles. The molecule has 2 aromatic heterocycles. The molecule has 0 aliphatic carbocycles. The number of anilines is 2. The number of hydrogen-bond acceptors (Lipinski definition) is 8. The number of carboxylic acid groups (broad SMARTS) is 2. The van der Waals surface area contributed by atoms with Gasteiger partial charge in [-0.25, -0.2) is 0 Å². The molecule has 0 unspecified atom stereocenters. The number of benzene rings is 2. The van der Waals surface area contributed by atoms with E-state index in [0.717, 1.165) is 63.4 Å². The van der Waals surface area contributed by atoms with Crippen molar-refractivity contribution in [3.63, 3.8) is 0 Å². The average Bonchev–Trinajstić information content (AvgIpc) is 3.07. The van der Waals surface area contributed by atoms with E-state index < -0.39 is 24.3 Å². The number of aryl methyl sites for hydroxylation is 2. The van der Waals surface area contributed by atoms with Crippen LogP contribution in [0.25, 0.3) is 21.8 Å². The van der Waals surface area contributed by atoms with Gasteiger partial charge in [-0.3, -0.25) is 0 Å². The summed E-state index contributed by atoms with van der Waals surface area (Å²) in [5.74, 6) is -4.22. The molecule has 4 aromatic rings. The van der Waals surface area contributed by atoms with Crippen molar-refractivity contribution in [3.8, 4) is 11.5 Å². The van der Waals surface area contributed by atoms with Gasteiger partial charge >= 0.3 is 12.4 Å². The molecule has 0 saturated carbocycles. The lowest BCUT2D eigenvalue weighted by molar-refractivity contribution is -0.675. The molecule has 4 bridgehead atoms. The number of nitrogens with one attached hydrogen (secondary N) is 2. The van der Waals surface area contributed by atoms with Crippen LogP contribution in [0.5, 0.6) is 11.5 Å². The summed E-state index contributed by atoms with van der Waals surface area (Å²) in [6.45, 7) is 3.94. The van der Waals surface area contributed by atoms with Crippen molar-refractivity contribution in [3.05, 3.63) is 60.9 Å². The minimum Gasteiger partial charge on any atom is -0.542 e. The van der Waals surface area contributed by atoms with Crippen LogP contribution in [0.15, 0.2) is 60.9 Å². The van der Waals surface area contributed by atoms with E-state index in [-0.39, 0.29) is 0 Å². The van der Waals surface area contributed by atoms with Gasteiger partial charge in [-0.15, -0.1) is 0 Å². The molecule has 0 spiro atoms. The Hall–Kier alpha value is -5.02. The van der Waals surface area contributed by atoms with E-state index in [1.807, 2.05) is 0 Å². The van der Waals surface area contributed by atoms with E-state index in [1.165, 1.54) is 46.0 Å². The molecule has 0 saturated heterocycles. The molecule has 6 rings (SSSR count). The van der Waals surface area contributed by atoms with Crippen LogP contribution >= 0.6 is 0 Å². The quantitative estimate of drug-likeness (QED) is 0.235. The zero-order valence-corrected chi connectivity index (χ0v) is 27.5. The van der Waals surface area contributed by atoms with Gasteiger partial charge in [0.1, 0.15) is 36.5 Å². The van der Waals surface area contributed by atoms with Gasteiger partial charge in [0, 0.05) is 50.2 Å². The fourth-order valence-electron chi connectivity index (χ4n) is 5.20. The normalized spacial score (nSPS) is 14.2. The minimum absolute atomic E-state index is 0.899. The third-order valence-electron chi connectivity index (χ3n) is 7.69. The molecule has 0 radical (unpaired) electrons. The van der Waals surface area contributed by atoms with Gasteiger partial charge in [0.25, 0.3) is 0 Å². The summed E-state index contributed by atoms with van der Waals surface area (Å²) in [4.78, 5) is 17.6. The highest BCUT2D eigenvalue weighted by Gasteiger charge is 2.29. The molecule has 10 nitrogen and oxygen atoms in total. The zero-order chi connectivity index (χ0) is 36.9. The van der Waals surface area contributed by atoms with Gasteiger partial charge < -0.3 is 39.9 Å². The van der Waals surface area contributed by atoms with Crippen molar-refractivity contribution in [1.29, 1.82) is 0 Å². The molecule has 2 aromatic carbocycles. The van der Waals surface area contributed by atoms with E-state index in [1.54, 1.807) is 14.2 Å². The smallest absolute Gasteiger partial charge is 0.430 e. The van der Waals surface area contributed by atoms with Crippen LogP contribution in [0, 0.1) is 0 Å². The van der Waals surface area contributed by atoms with Crippen molar-refractivity contribution in [1.82, 2.24) is 0 Å². The highest BCUT2D eigenvalue weighted by Crippen LogP contribution is 2.27. The summed E-state index contributed by atoms with van der Waals surface area (Å²) in [5, 5.41) is 27.4. The van der Waals surface area contributed by atoms with Crippen molar-refractivity contribution < 1.29 is 64.8 Å². The number of carbonyl (C=O) groups excluding carboxylic acids is 2. The van der Waals surface area contributed by atoms with Crippen LogP contribution < -0.4 is 39.5 Å². The maximum atomic E-state index is 10.5.